The summed E-state index contributed by atoms with van der Waals surface area (Å²) in [6.07, 6.45) is 7.83. The van der Waals surface area contributed by atoms with Crippen LogP contribution in [0.1, 0.15) is 52.1 Å². The van der Waals surface area contributed by atoms with Crippen molar-refractivity contribution < 1.29 is 0 Å². The van der Waals surface area contributed by atoms with Crippen LogP contribution in [0.5, 0.6) is 0 Å². The largest absolute Gasteiger partial charge is 0.383 e. The van der Waals surface area contributed by atoms with Crippen molar-refractivity contribution in [1.29, 1.82) is 0 Å². The van der Waals surface area contributed by atoms with Crippen molar-refractivity contribution in [2.45, 2.75) is 20.4 Å². The van der Waals surface area contributed by atoms with Gasteiger partial charge in [0.05, 0.1) is 17.6 Å². The summed E-state index contributed by atoms with van der Waals surface area (Å²) in [5, 5.41) is 6.27. The molecule has 9 aromatic carbocycles. The molecule has 0 bridgehead atoms. The Labute approximate surface area is 436 Å². The van der Waals surface area contributed by atoms with Gasteiger partial charge in [-0.1, -0.05) is 196 Å². The van der Waals surface area contributed by atoms with E-state index in [1.807, 2.05) is 78.9 Å². The van der Waals surface area contributed by atoms with Gasteiger partial charge in [-0.05, 0) is 139 Å². The molecule has 0 amide bonds. The molecular formula is C69H52N4S. The highest BCUT2D eigenvalue weighted by Gasteiger charge is 2.26. The molecule has 0 unspecified atom stereocenters. The Kier molecular flexibility index (Phi) is 11.9. The van der Waals surface area contributed by atoms with E-state index in [4.69, 9.17) is 15.7 Å². The molecule has 0 saturated carbocycles. The summed E-state index contributed by atoms with van der Waals surface area (Å²) >= 11 is 1.76. The zero-order valence-electron chi connectivity index (χ0n) is 41.4. The summed E-state index contributed by atoms with van der Waals surface area (Å²) in [4.78, 5) is 11.0. The minimum atomic E-state index is 0.434. The number of nitrogens with two attached hydrogens (primary N) is 1. The smallest absolute Gasteiger partial charge is 0.157 e. The van der Waals surface area contributed by atoms with E-state index >= 15 is 0 Å². The minimum absolute atomic E-state index is 0.434. The first-order valence-corrected chi connectivity index (χ1v) is 25.8. The molecule has 13 rings (SSSR count). The highest BCUT2D eigenvalue weighted by molar-refractivity contribution is 7.20. The van der Waals surface area contributed by atoms with Gasteiger partial charge in [0.25, 0.3) is 0 Å². The van der Waals surface area contributed by atoms with Crippen molar-refractivity contribution in [3.05, 3.63) is 270 Å². The maximum atomic E-state index is 6.49. The summed E-state index contributed by atoms with van der Waals surface area (Å²) in [5.41, 5.74) is 28.2. The summed E-state index contributed by atoms with van der Waals surface area (Å²) in [5.74, 6) is 1.04. The molecule has 0 atom stereocenters. The van der Waals surface area contributed by atoms with E-state index in [9.17, 15) is 0 Å². The van der Waals surface area contributed by atoms with Crippen LogP contribution in [0.15, 0.2) is 242 Å². The maximum Gasteiger partial charge on any atom is 0.157 e. The molecular weight excluding hydrogens is 917 g/mol. The Morgan fingerprint density at radius 3 is 1.88 bits per heavy atom. The fourth-order valence-corrected chi connectivity index (χ4v) is 12.0. The third-order valence-corrected chi connectivity index (χ3v) is 15.9. The number of rotatable bonds is 9. The molecule has 74 heavy (non-hydrogen) atoms. The first-order valence-electron chi connectivity index (χ1n) is 25.0. The summed E-state index contributed by atoms with van der Waals surface area (Å²) < 4.78 is 3.67. The standard InChI is InChI=1S/C55H38N4S.C14H14/c1-3-40-45-30-38(25-29-51(45)60-50(40)4-2)37-24-28-48-47(31-37)53-44-21-13-20-43-41-18-11-12-19-42(41)46(52(43)44)32-49(53)59(48)39-26-22-34(23-27-39)33-57-55(36-16-9-6-10-17-36)58-54(56)35-14-7-5-8-15-35;1-4-7-12-10(2)11(3)13-8-5-6-9-14(12)13/h3-32H,1-2,33H2,(H2,56,57,58);4-9H,1H2,2-3H3/b;12-7+. The molecule has 0 aliphatic heterocycles. The Morgan fingerprint density at radius 2 is 1.18 bits per heavy atom. The fraction of sp³-hybridized carbons (Fsp3) is 0.0435. The number of fused-ring (bicyclic) bond motifs is 9. The summed E-state index contributed by atoms with van der Waals surface area (Å²) in [7, 11) is 0. The highest BCUT2D eigenvalue weighted by Crippen LogP contribution is 2.51. The van der Waals surface area contributed by atoms with Gasteiger partial charge in [-0.25, -0.2) is 4.99 Å². The minimum Gasteiger partial charge on any atom is -0.383 e. The topological polar surface area (TPSA) is 55.7 Å². The van der Waals surface area contributed by atoms with Crippen LogP contribution in [-0.2, 0) is 6.54 Å². The summed E-state index contributed by atoms with van der Waals surface area (Å²) in [6.45, 7) is 16.8. The SMILES string of the molecule is C=C/C=C1\C(C)=C(C)c2ccccc21.C=Cc1sc2ccc(-c3ccc4c(c3)c3c5cccc6c5c(cc3n4-c3ccc(CN=C(N=C(N)c4ccccc4)c4ccccc4)cc3)-c3ccccc3-6)cc2c1C=C. The number of aliphatic imine (C=N–C) groups is 2. The number of nitrogens with zero attached hydrogens (tertiary/aromatic N) is 3. The molecule has 2 aliphatic rings. The van der Waals surface area contributed by atoms with Crippen molar-refractivity contribution in [3.8, 4) is 39.1 Å². The second-order valence-electron chi connectivity index (χ2n) is 18.8. The van der Waals surface area contributed by atoms with Crippen LogP contribution in [0.4, 0.5) is 0 Å². The number of hydrogen-bond donors (Lipinski definition) is 1. The zero-order chi connectivity index (χ0) is 50.5. The van der Waals surface area contributed by atoms with Crippen molar-refractivity contribution in [1.82, 2.24) is 4.57 Å². The van der Waals surface area contributed by atoms with E-state index in [0.29, 0.717) is 18.2 Å². The van der Waals surface area contributed by atoms with Gasteiger partial charge in [-0.3, -0.25) is 4.99 Å². The van der Waals surface area contributed by atoms with E-state index < -0.39 is 0 Å². The average Bonchev–Trinajstić information content (AvgIpc) is 4.17. The molecule has 354 valence electrons. The normalized spacial score (nSPS) is 13.4. The molecule has 2 aliphatic carbocycles. The van der Waals surface area contributed by atoms with Crippen LogP contribution in [0.25, 0.3) is 105 Å². The molecule has 0 fully saturated rings. The molecule has 2 heterocycles. The van der Waals surface area contributed by atoms with Crippen LogP contribution in [0.3, 0.4) is 0 Å². The fourth-order valence-electron chi connectivity index (χ4n) is 11.0. The summed E-state index contributed by atoms with van der Waals surface area (Å²) in [6, 6.07) is 68.9. The molecule has 0 radical (unpaired) electrons. The van der Waals surface area contributed by atoms with E-state index in [-0.39, 0.29) is 0 Å². The average molecular weight is 969 g/mol. The third kappa shape index (κ3) is 7.86. The van der Waals surface area contributed by atoms with Gasteiger partial charge in [0.1, 0.15) is 5.84 Å². The predicted octanol–water partition coefficient (Wildman–Crippen LogP) is 18.2. The Balaban J connectivity index is 0.000000343. The van der Waals surface area contributed by atoms with Gasteiger partial charge < -0.3 is 10.3 Å². The monoisotopic (exact) mass is 968 g/mol. The van der Waals surface area contributed by atoms with Gasteiger partial charge in [0, 0.05) is 42.6 Å². The molecule has 5 heteroatoms. The first-order chi connectivity index (χ1) is 36.3. The highest BCUT2D eigenvalue weighted by atomic mass is 32.1. The van der Waals surface area contributed by atoms with E-state index in [0.717, 1.165) is 38.3 Å². The van der Waals surface area contributed by atoms with Crippen LogP contribution >= 0.6 is 11.3 Å². The lowest BCUT2D eigenvalue weighted by Gasteiger charge is -2.11. The van der Waals surface area contributed by atoms with Gasteiger partial charge in [-0.2, -0.15) is 0 Å². The van der Waals surface area contributed by atoms with E-state index in [1.54, 1.807) is 11.3 Å². The Morgan fingerprint density at radius 1 is 0.541 bits per heavy atom. The van der Waals surface area contributed by atoms with Gasteiger partial charge >= 0.3 is 0 Å². The second-order valence-corrected chi connectivity index (χ2v) is 19.9. The lowest BCUT2D eigenvalue weighted by molar-refractivity contribution is 1.05. The molecule has 11 aromatic rings. The Hall–Kier alpha value is -9.16. The molecule has 2 N–H and O–H groups in total. The number of amidine groups is 2. The predicted molar refractivity (Wildman–Crippen MR) is 320 cm³/mol. The van der Waals surface area contributed by atoms with Crippen molar-refractivity contribution >= 4 is 89.0 Å². The third-order valence-electron chi connectivity index (χ3n) is 14.7. The van der Waals surface area contributed by atoms with Crippen molar-refractivity contribution in [2.24, 2.45) is 15.7 Å². The number of benzene rings is 9. The lowest BCUT2D eigenvalue weighted by Crippen LogP contribution is -2.16. The number of allylic oxidation sites excluding steroid dienone is 5. The number of thiophene rings is 1. The molecule has 0 spiro atoms. The van der Waals surface area contributed by atoms with Gasteiger partial charge in [0.15, 0.2) is 5.84 Å². The van der Waals surface area contributed by atoms with Crippen LogP contribution in [0.2, 0.25) is 0 Å². The lowest BCUT2D eigenvalue weighted by atomic mass is 9.96. The van der Waals surface area contributed by atoms with Crippen molar-refractivity contribution in [3.63, 3.8) is 0 Å². The van der Waals surface area contributed by atoms with Crippen LogP contribution < -0.4 is 5.73 Å². The second kappa shape index (κ2) is 19.1. The molecule has 0 saturated heterocycles. The number of aromatic nitrogens is 1. The van der Waals surface area contributed by atoms with E-state index in [2.05, 4.69) is 178 Å². The maximum absolute atomic E-state index is 6.49. The van der Waals surface area contributed by atoms with Gasteiger partial charge in [0.2, 0.25) is 0 Å². The molecule has 2 aromatic heterocycles. The van der Waals surface area contributed by atoms with Crippen molar-refractivity contribution in [2.75, 3.05) is 0 Å². The quantitative estimate of drug-likeness (QED) is 0.114. The number of hydrogen-bond acceptors (Lipinski definition) is 2. The van der Waals surface area contributed by atoms with Crippen LogP contribution in [0, 0.1) is 0 Å². The molecule has 4 nitrogen and oxygen atoms in total. The van der Waals surface area contributed by atoms with E-state index in [1.165, 1.54) is 98.4 Å². The first kappa shape index (κ1) is 45.9. The van der Waals surface area contributed by atoms with Crippen LogP contribution in [-0.4, -0.2) is 16.2 Å². The van der Waals surface area contributed by atoms with Gasteiger partial charge in [-0.15, -0.1) is 11.3 Å². The zero-order valence-corrected chi connectivity index (χ0v) is 42.3. The Bertz CT molecular complexity index is 4220.